The molecule has 7 heteroatoms. The molecular formula is C21H26Cl2N4O. The summed E-state index contributed by atoms with van der Waals surface area (Å²) in [6.45, 7) is 6.50. The van der Waals surface area contributed by atoms with Gasteiger partial charge in [-0.2, -0.15) is 0 Å². The Morgan fingerprint density at radius 1 is 1.00 bits per heavy atom. The first-order valence-electron chi connectivity index (χ1n) is 9.25. The van der Waals surface area contributed by atoms with E-state index in [2.05, 4.69) is 15.6 Å². The third-order valence-electron chi connectivity index (χ3n) is 4.40. The number of rotatable bonds is 7. The number of nitrogens with zero attached hydrogens (tertiary/aromatic N) is 2. The molecule has 2 N–H and O–H groups in total. The fourth-order valence-corrected chi connectivity index (χ4v) is 3.18. The summed E-state index contributed by atoms with van der Waals surface area (Å²) in [6.07, 6.45) is 0. The first-order valence-corrected chi connectivity index (χ1v) is 10.0. The Balaban J connectivity index is 1.90. The van der Waals surface area contributed by atoms with Crippen LogP contribution in [0.3, 0.4) is 0 Å². The number of nitrogens with one attached hydrogen (secondary N) is 2. The number of hydrogen-bond donors (Lipinski definition) is 2. The Labute approximate surface area is 176 Å². The van der Waals surface area contributed by atoms with E-state index < -0.39 is 0 Å². The summed E-state index contributed by atoms with van der Waals surface area (Å²) in [5, 5.41) is 7.71. The molecule has 0 saturated carbocycles. The van der Waals surface area contributed by atoms with Crippen LogP contribution in [0.5, 0.6) is 0 Å². The summed E-state index contributed by atoms with van der Waals surface area (Å²) in [5.41, 5.74) is 2.70. The third-order valence-corrected chi connectivity index (χ3v) is 4.98. The Hall–Kier alpha value is -2.24. The van der Waals surface area contributed by atoms with Crippen molar-refractivity contribution in [1.82, 2.24) is 15.5 Å². The van der Waals surface area contributed by atoms with Crippen molar-refractivity contribution in [2.45, 2.75) is 26.9 Å². The van der Waals surface area contributed by atoms with Crippen molar-refractivity contribution in [2.24, 2.45) is 4.99 Å². The molecule has 2 aromatic rings. The number of halogens is 2. The molecule has 0 bridgehead atoms. The van der Waals surface area contributed by atoms with E-state index in [-0.39, 0.29) is 5.91 Å². The predicted molar refractivity (Wildman–Crippen MR) is 117 cm³/mol. The van der Waals surface area contributed by atoms with Gasteiger partial charge in [0.05, 0.1) is 0 Å². The highest BCUT2D eigenvalue weighted by Crippen LogP contribution is 2.20. The lowest BCUT2D eigenvalue weighted by atomic mass is 10.1. The summed E-state index contributed by atoms with van der Waals surface area (Å²) in [6, 6.07) is 13.0. The van der Waals surface area contributed by atoms with Crippen molar-refractivity contribution in [3.05, 3.63) is 69.2 Å². The highest BCUT2D eigenvalue weighted by molar-refractivity contribution is 6.35. The molecule has 0 atom stereocenters. The molecule has 5 nitrogen and oxygen atoms in total. The van der Waals surface area contributed by atoms with Crippen LogP contribution in [0.1, 0.15) is 35.3 Å². The molecule has 0 aliphatic rings. The second-order valence-corrected chi connectivity index (χ2v) is 7.03. The zero-order valence-electron chi connectivity index (χ0n) is 16.4. The summed E-state index contributed by atoms with van der Waals surface area (Å²) in [7, 11) is 1.71. The fourth-order valence-electron chi connectivity index (χ4n) is 2.71. The topological polar surface area (TPSA) is 56.7 Å². The van der Waals surface area contributed by atoms with E-state index in [1.165, 1.54) is 0 Å². The standard InChI is InChI=1S/C21H26Cl2N4O/c1-4-27(5-2)20(28)16-8-6-15(7-9-16)13-25-21(24-3)26-14-17-10-11-18(22)12-19(17)23/h6-12H,4-5,13-14H2,1-3H3,(H2,24,25,26). The lowest BCUT2D eigenvalue weighted by molar-refractivity contribution is 0.0773. The monoisotopic (exact) mass is 420 g/mol. The second-order valence-electron chi connectivity index (χ2n) is 6.19. The normalized spacial score (nSPS) is 11.2. The van der Waals surface area contributed by atoms with Gasteiger partial charge in [0.25, 0.3) is 5.91 Å². The number of amides is 1. The van der Waals surface area contributed by atoms with E-state index in [9.17, 15) is 4.79 Å². The van der Waals surface area contributed by atoms with Gasteiger partial charge in [0, 0.05) is 48.8 Å². The number of aliphatic imine (C=N–C) groups is 1. The molecule has 0 aliphatic carbocycles. The first-order chi connectivity index (χ1) is 13.5. The Kier molecular flexibility index (Phi) is 8.61. The van der Waals surface area contributed by atoms with Crippen molar-refractivity contribution >= 4 is 35.1 Å². The van der Waals surface area contributed by atoms with E-state index in [1.54, 1.807) is 18.0 Å². The minimum Gasteiger partial charge on any atom is -0.352 e. The molecule has 0 fully saturated rings. The Bertz CT molecular complexity index is 818. The molecule has 0 spiro atoms. The van der Waals surface area contributed by atoms with Crippen molar-refractivity contribution in [3.8, 4) is 0 Å². The minimum atomic E-state index is 0.0572. The maximum atomic E-state index is 12.4. The summed E-state index contributed by atoms with van der Waals surface area (Å²) in [5.74, 6) is 0.719. The fraction of sp³-hybridized carbons (Fsp3) is 0.333. The van der Waals surface area contributed by atoms with E-state index in [4.69, 9.17) is 23.2 Å². The van der Waals surface area contributed by atoms with Crippen molar-refractivity contribution < 1.29 is 4.79 Å². The number of benzene rings is 2. The van der Waals surface area contributed by atoms with Crippen LogP contribution in [0.2, 0.25) is 10.0 Å². The summed E-state index contributed by atoms with van der Waals surface area (Å²) in [4.78, 5) is 18.4. The van der Waals surface area contributed by atoms with Crippen LogP contribution in [0.15, 0.2) is 47.5 Å². The van der Waals surface area contributed by atoms with Gasteiger partial charge in [-0.05, 0) is 49.2 Å². The molecule has 0 aromatic heterocycles. The molecule has 2 rings (SSSR count). The van der Waals surface area contributed by atoms with Gasteiger partial charge in [0.2, 0.25) is 0 Å². The number of hydrogen-bond acceptors (Lipinski definition) is 2. The molecule has 0 heterocycles. The zero-order valence-corrected chi connectivity index (χ0v) is 17.9. The molecule has 28 heavy (non-hydrogen) atoms. The van der Waals surface area contributed by atoms with E-state index >= 15 is 0 Å². The van der Waals surface area contributed by atoms with Crippen LogP contribution in [0.4, 0.5) is 0 Å². The minimum absolute atomic E-state index is 0.0572. The summed E-state index contributed by atoms with van der Waals surface area (Å²) >= 11 is 12.1. The average molecular weight is 421 g/mol. The maximum Gasteiger partial charge on any atom is 0.253 e. The smallest absolute Gasteiger partial charge is 0.253 e. The van der Waals surface area contributed by atoms with Gasteiger partial charge in [-0.25, -0.2) is 0 Å². The average Bonchev–Trinajstić information content (AvgIpc) is 2.70. The van der Waals surface area contributed by atoms with Crippen LogP contribution in [-0.4, -0.2) is 36.9 Å². The van der Waals surface area contributed by atoms with Crippen LogP contribution >= 0.6 is 23.2 Å². The maximum absolute atomic E-state index is 12.4. The third kappa shape index (κ3) is 6.14. The number of carbonyl (C=O) groups is 1. The van der Waals surface area contributed by atoms with Gasteiger partial charge in [-0.1, -0.05) is 41.4 Å². The van der Waals surface area contributed by atoms with Crippen LogP contribution in [0, 0.1) is 0 Å². The van der Waals surface area contributed by atoms with Gasteiger partial charge in [-0.3, -0.25) is 9.79 Å². The van der Waals surface area contributed by atoms with Gasteiger partial charge in [0.15, 0.2) is 5.96 Å². The van der Waals surface area contributed by atoms with E-state index in [1.807, 2.05) is 50.2 Å². The Morgan fingerprint density at radius 2 is 1.64 bits per heavy atom. The molecule has 1 amide bonds. The quantitative estimate of drug-likeness (QED) is 0.517. The number of guanidine groups is 1. The Morgan fingerprint density at radius 3 is 2.21 bits per heavy atom. The molecular weight excluding hydrogens is 395 g/mol. The van der Waals surface area contributed by atoms with Gasteiger partial charge in [0.1, 0.15) is 0 Å². The molecule has 150 valence electrons. The summed E-state index contributed by atoms with van der Waals surface area (Å²) < 4.78 is 0. The second kappa shape index (κ2) is 10.9. The molecule has 2 aromatic carbocycles. The predicted octanol–water partition coefficient (Wildman–Crippen LogP) is 4.34. The SMILES string of the molecule is CCN(CC)C(=O)c1ccc(CNC(=NC)NCc2ccc(Cl)cc2Cl)cc1. The largest absolute Gasteiger partial charge is 0.352 e. The van der Waals surface area contributed by atoms with E-state index in [0.717, 1.165) is 11.1 Å². The van der Waals surface area contributed by atoms with Crippen molar-refractivity contribution in [3.63, 3.8) is 0 Å². The highest BCUT2D eigenvalue weighted by atomic mass is 35.5. The van der Waals surface area contributed by atoms with Crippen molar-refractivity contribution in [2.75, 3.05) is 20.1 Å². The van der Waals surface area contributed by atoms with Crippen LogP contribution in [0.25, 0.3) is 0 Å². The van der Waals surface area contributed by atoms with Crippen LogP contribution in [-0.2, 0) is 13.1 Å². The van der Waals surface area contributed by atoms with Gasteiger partial charge >= 0.3 is 0 Å². The van der Waals surface area contributed by atoms with Crippen molar-refractivity contribution in [1.29, 1.82) is 0 Å². The van der Waals surface area contributed by atoms with Gasteiger partial charge < -0.3 is 15.5 Å². The highest BCUT2D eigenvalue weighted by Gasteiger charge is 2.12. The zero-order chi connectivity index (χ0) is 20.5. The number of carbonyl (C=O) groups excluding carboxylic acids is 1. The van der Waals surface area contributed by atoms with Crippen LogP contribution < -0.4 is 10.6 Å². The lowest BCUT2D eigenvalue weighted by Gasteiger charge is -2.18. The molecule has 0 unspecified atom stereocenters. The van der Waals surface area contributed by atoms with E-state index in [0.29, 0.717) is 47.7 Å². The molecule has 0 saturated heterocycles. The molecule has 0 radical (unpaired) electrons. The first kappa shape index (κ1) is 22.1. The van der Waals surface area contributed by atoms with Gasteiger partial charge in [-0.15, -0.1) is 0 Å². The molecule has 0 aliphatic heterocycles. The lowest BCUT2D eigenvalue weighted by Crippen LogP contribution is -2.36.